The molecule has 0 unspecified atom stereocenters. The molecule has 0 bridgehead atoms. The Morgan fingerprint density at radius 3 is 2.68 bits per heavy atom. The van der Waals surface area contributed by atoms with Crippen LogP contribution in [0.4, 0.5) is 0 Å². The number of oxazole rings is 1. The molecule has 0 aliphatic rings. The molecule has 0 spiro atoms. The van der Waals surface area contributed by atoms with Gasteiger partial charge in [0.2, 0.25) is 0 Å². The molecule has 4 nitrogen and oxygen atoms in total. The molecular weight excluding hydrogens is 240 g/mol. The Balaban J connectivity index is 2.18. The molecule has 0 fully saturated rings. The molecule has 1 aromatic carbocycles. The molecule has 1 heterocycles. The predicted molar refractivity (Wildman–Crippen MR) is 76.2 cm³/mol. The van der Waals surface area contributed by atoms with Crippen LogP contribution in [0, 0.1) is 0 Å². The summed E-state index contributed by atoms with van der Waals surface area (Å²) < 4.78 is 5.35. The lowest BCUT2D eigenvalue weighted by Gasteiger charge is -2.32. The van der Waals surface area contributed by atoms with Crippen LogP contribution >= 0.6 is 0 Å². The summed E-state index contributed by atoms with van der Waals surface area (Å²) in [5.41, 5.74) is 2.56. The Morgan fingerprint density at radius 2 is 2.00 bits per heavy atom. The average molecular weight is 262 g/mol. The molecule has 2 rings (SSSR count). The monoisotopic (exact) mass is 262 g/mol. The van der Waals surface area contributed by atoms with Crippen molar-refractivity contribution in [2.45, 2.75) is 38.6 Å². The highest BCUT2D eigenvalue weighted by molar-refractivity contribution is 5.73. The van der Waals surface area contributed by atoms with Crippen molar-refractivity contribution in [3.8, 4) is 0 Å². The fourth-order valence-corrected chi connectivity index (χ4v) is 1.89. The molecule has 0 saturated heterocycles. The van der Waals surface area contributed by atoms with Gasteiger partial charge in [-0.05, 0) is 31.5 Å². The van der Waals surface area contributed by atoms with Crippen molar-refractivity contribution in [1.82, 2.24) is 10.3 Å². The number of nitrogens with one attached hydrogen (secondary N) is 1. The second-order valence-corrected chi connectivity index (χ2v) is 6.31. The molecule has 0 radical (unpaired) electrons. The van der Waals surface area contributed by atoms with Gasteiger partial charge in [0.05, 0.1) is 6.61 Å². The van der Waals surface area contributed by atoms with E-state index in [1.807, 2.05) is 26.0 Å². The lowest BCUT2D eigenvalue weighted by Crippen LogP contribution is -2.48. The smallest absolute Gasteiger partial charge is 0.181 e. The minimum atomic E-state index is -0.270. The first kappa shape index (κ1) is 14.0. The highest BCUT2D eigenvalue weighted by atomic mass is 16.3. The Bertz CT molecular complexity index is 558. The molecule has 0 aliphatic heterocycles. The van der Waals surface area contributed by atoms with Crippen molar-refractivity contribution < 1.29 is 9.52 Å². The first-order chi connectivity index (χ1) is 8.84. The zero-order valence-electron chi connectivity index (χ0n) is 12.0. The van der Waals surface area contributed by atoms with Gasteiger partial charge in [0.1, 0.15) is 5.52 Å². The van der Waals surface area contributed by atoms with E-state index in [1.165, 1.54) is 12.0 Å². The first-order valence-electron chi connectivity index (χ1n) is 6.54. The quantitative estimate of drug-likeness (QED) is 0.869. The van der Waals surface area contributed by atoms with Gasteiger partial charge in [0, 0.05) is 17.5 Å². The molecule has 4 heteroatoms. The standard InChI is InChI=1S/C15H22N2O2/c1-14(2,8-17-15(3,4)9-18)11-5-6-12-13(7-11)19-10-16-12/h5-7,10,17-18H,8-9H2,1-4H3. The van der Waals surface area contributed by atoms with E-state index in [0.717, 1.165) is 17.6 Å². The van der Waals surface area contributed by atoms with E-state index in [1.54, 1.807) is 0 Å². The number of fused-ring (bicyclic) bond motifs is 1. The summed E-state index contributed by atoms with van der Waals surface area (Å²) in [4.78, 5) is 4.13. The zero-order valence-corrected chi connectivity index (χ0v) is 12.0. The van der Waals surface area contributed by atoms with Gasteiger partial charge in [-0.25, -0.2) is 4.98 Å². The van der Waals surface area contributed by atoms with Crippen molar-refractivity contribution in [3.63, 3.8) is 0 Å². The Hall–Kier alpha value is -1.39. The van der Waals surface area contributed by atoms with Crippen LogP contribution in [-0.4, -0.2) is 28.8 Å². The summed E-state index contributed by atoms with van der Waals surface area (Å²) in [6.07, 6.45) is 1.47. The van der Waals surface area contributed by atoms with Gasteiger partial charge >= 0.3 is 0 Å². The summed E-state index contributed by atoms with van der Waals surface area (Å²) in [5.74, 6) is 0. The Morgan fingerprint density at radius 1 is 1.26 bits per heavy atom. The van der Waals surface area contributed by atoms with Gasteiger partial charge in [0.15, 0.2) is 12.0 Å². The van der Waals surface area contributed by atoms with Crippen LogP contribution in [0.1, 0.15) is 33.3 Å². The summed E-state index contributed by atoms with van der Waals surface area (Å²) in [6, 6.07) is 6.10. The Kier molecular flexibility index (Phi) is 3.65. The molecule has 19 heavy (non-hydrogen) atoms. The topological polar surface area (TPSA) is 58.3 Å². The third-order valence-electron chi connectivity index (χ3n) is 3.52. The molecule has 2 aromatic rings. The molecule has 2 N–H and O–H groups in total. The maximum atomic E-state index is 9.29. The summed E-state index contributed by atoms with van der Waals surface area (Å²) in [7, 11) is 0. The largest absolute Gasteiger partial charge is 0.443 e. The lowest BCUT2D eigenvalue weighted by atomic mass is 9.83. The fraction of sp³-hybridized carbons (Fsp3) is 0.533. The molecule has 1 aromatic heterocycles. The van der Waals surface area contributed by atoms with E-state index < -0.39 is 0 Å². The van der Waals surface area contributed by atoms with Crippen molar-refractivity contribution in [2.24, 2.45) is 0 Å². The van der Waals surface area contributed by atoms with Crippen molar-refractivity contribution >= 4 is 11.1 Å². The van der Waals surface area contributed by atoms with Crippen LogP contribution in [-0.2, 0) is 5.41 Å². The van der Waals surface area contributed by atoms with E-state index in [0.29, 0.717) is 0 Å². The van der Waals surface area contributed by atoms with Gasteiger partial charge in [-0.1, -0.05) is 19.9 Å². The van der Waals surface area contributed by atoms with E-state index in [2.05, 4.69) is 30.2 Å². The maximum Gasteiger partial charge on any atom is 0.181 e. The summed E-state index contributed by atoms with van der Waals surface area (Å²) in [5, 5.41) is 12.7. The van der Waals surface area contributed by atoms with Crippen LogP contribution in [0.5, 0.6) is 0 Å². The van der Waals surface area contributed by atoms with Crippen LogP contribution in [0.2, 0.25) is 0 Å². The number of aliphatic hydroxyl groups is 1. The number of aliphatic hydroxyl groups excluding tert-OH is 1. The molecule has 104 valence electrons. The number of benzene rings is 1. The van der Waals surface area contributed by atoms with Crippen LogP contribution in [0.3, 0.4) is 0 Å². The van der Waals surface area contributed by atoms with Crippen LogP contribution < -0.4 is 5.32 Å². The third-order valence-corrected chi connectivity index (χ3v) is 3.52. The van der Waals surface area contributed by atoms with E-state index in [4.69, 9.17) is 4.42 Å². The van der Waals surface area contributed by atoms with Crippen molar-refractivity contribution in [2.75, 3.05) is 13.2 Å². The van der Waals surface area contributed by atoms with Gasteiger partial charge in [0.25, 0.3) is 0 Å². The van der Waals surface area contributed by atoms with Crippen LogP contribution in [0.25, 0.3) is 11.1 Å². The maximum absolute atomic E-state index is 9.29. The van der Waals surface area contributed by atoms with E-state index >= 15 is 0 Å². The SMILES string of the molecule is CC(C)(CO)NCC(C)(C)c1ccc2ncoc2c1. The average Bonchev–Trinajstić information content (AvgIpc) is 2.84. The number of hydrogen-bond acceptors (Lipinski definition) is 4. The highest BCUT2D eigenvalue weighted by Gasteiger charge is 2.25. The molecule has 0 amide bonds. The second kappa shape index (κ2) is 4.94. The van der Waals surface area contributed by atoms with Gasteiger partial charge < -0.3 is 14.8 Å². The molecule has 0 atom stereocenters. The van der Waals surface area contributed by atoms with E-state index in [-0.39, 0.29) is 17.6 Å². The molecule has 0 saturated carbocycles. The minimum Gasteiger partial charge on any atom is -0.443 e. The first-order valence-corrected chi connectivity index (χ1v) is 6.54. The number of nitrogens with zero attached hydrogens (tertiary/aromatic N) is 1. The summed E-state index contributed by atoms with van der Waals surface area (Å²) >= 11 is 0. The van der Waals surface area contributed by atoms with Crippen LogP contribution in [0.15, 0.2) is 29.0 Å². The van der Waals surface area contributed by atoms with Crippen molar-refractivity contribution in [1.29, 1.82) is 0 Å². The normalized spacial score (nSPS) is 13.1. The summed E-state index contributed by atoms with van der Waals surface area (Å²) in [6.45, 7) is 9.21. The lowest BCUT2D eigenvalue weighted by molar-refractivity contribution is 0.181. The van der Waals surface area contributed by atoms with E-state index in [9.17, 15) is 5.11 Å². The van der Waals surface area contributed by atoms with Gasteiger partial charge in [-0.15, -0.1) is 0 Å². The number of rotatable bonds is 5. The molecule has 0 aliphatic carbocycles. The van der Waals surface area contributed by atoms with Gasteiger partial charge in [-0.2, -0.15) is 0 Å². The minimum absolute atomic E-state index is 0.0482. The highest BCUT2D eigenvalue weighted by Crippen LogP contribution is 2.26. The van der Waals surface area contributed by atoms with Gasteiger partial charge in [-0.3, -0.25) is 0 Å². The molecular formula is C15H22N2O2. The number of aromatic nitrogens is 1. The second-order valence-electron chi connectivity index (χ2n) is 6.31. The number of hydrogen-bond donors (Lipinski definition) is 2. The fourth-order valence-electron chi connectivity index (χ4n) is 1.89. The zero-order chi connectivity index (χ0) is 14.1. The Labute approximate surface area is 113 Å². The predicted octanol–water partition coefficient (Wildman–Crippen LogP) is 2.47. The third kappa shape index (κ3) is 3.14. The van der Waals surface area contributed by atoms with Crippen molar-refractivity contribution in [3.05, 3.63) is 30.2 Å².